The van der Waals surface area contributed by atoms with Crippen LogP contribution in [0.4, 0.5) is 10.5 Å². The Bertz CT molecular complexity index is 470. The van der Waals surface area contributed by atoms with Gasteiger partial charge in [-0.25, -0.2) is 4.79 Å². The summed E-state index contributed by atoms with van der Waals surface area (Å²) >= 11 is 0. The van der Waals surface area contributed by atoms with E-state index in [-0.39, 0.29) is 11.8 Å². The first-order valence-electron chi connectivity index (χ1n) is 6.48. The number of hydrogen-bond donors (Lipinski definition) is 2. The lowest BCUT2D eigenvalue weighted by Crippen LogP contribution is -2.46. The van der Waals surface area contributed by atoms with Crippen LogP contribution in [-0.4, -0.2) is 29.9 Å². The average molecular weight is 261 g/mol. The number of urea groups is 1. The number of piperidine rings is 1. The van der Waals surface area contributed by atoms with Gasteiger partial charge in [-0.3, -0.25) is 4.79 Å². The van der Waals surface area contributed by atoms with Crippen molar-refractivity contribution in [1.29, 1.82) is 0 Å². The lowest BCUT2D eigenvalue weighted by Gasteiger charge is -2.30. The summed E-state index contributed by atoms with van der Waals surface area (Å²) in [6.07, 6.45) is 1.61. The zero-order valence-corrected chi connectivity index (χ0v) is 11.1. The van der Waals surface area contributed by atoms with Gasteiger partial charge in [0.1, 0.15) is 0 Å². The first kappa shape index (κ1) is 13.4. The van der Waals surface area contributed by atoms with Crippen LogP contribution in [0.25, 0.3) is 0 Å². The van der Waals surface area contributed by atoms with E-state index in [9.17, 15) is 9.59 Å². The maximum atomic E-state index is 12.1. The van der Waals surface area contributed by atoms with Crippen LogP contribution in [-0.2, 0) is 4.79 Å². The van der Waals surface area contributed by atoms with Crippen molar-refractivity contribution in [1.82, 2.24) is 4.90 Å². The van der Waals surface area contributed by atoms with E-state index in [1.165, 1.54) is 4.90 Å². The third-order valence-corrected chi connectivity index (χ3v) is 3.42. The molecule has 3 amide bonds. The Kier molecular flexibility index (Phi) is 4.04. The quantitative estimate of drug-likeness (QED) is 0.850. The second-order valence-corrected chi connectivity index (χ2v) is 4.98. The van der Waals surface area contributed by atoms with Crippen molar-refractivity contribution in [3.63, 3.8) is 0 Å². The van der Waals surface area contributed by atoms with Gasteiger partial charge in [0.15, 0.2) is 0 Å². The van der Waals surface area contributed by atoms with Crippen LogP contribution in [0.15, 0.2) is 24.3 Å². The Labute approximate surface area is 112 Å². The standard InChI is InChI=1S/C14H19N3O2/c1-10-4-6-12(7-5-10)16-13(18)11-3-2-8-17(9-11)14(15)19/h4-7,11H,2-3,8-9H2,1H3,(H2,15,19)(H,16,18)/t11-/m0/s1. The molecular formula is C14H19N3O2. The monoisotopic (exact) mass is 261 g/mol. The van der Waals surface area contributed by atoms with Crippen LogP contribution < -0.4 is 11.1 Å². The van der Waals surface area contributed by atoms with Gasteiger partial charge in [0.25, 0.3) is 0 Å². The highest BCUT2D eigenvalue weighted by Crippen LogP contribution is 2.18. The molecule has 1 atom stereocenters. The highest BCUT2D eigenvalue weighted by molar-refractivity contribution is 5.93. The van der Waals surface area contributed by atoms with E-state index in [1.807, 2.05) is 31.2 Å². The van der Waals surface area contributed by atoms with Crippen molar-refractivity contribution in [2.45, 2.75) is 19.8 Å². The zero-order chi connectivity index (χ0) is 13.8. The van der Waals surface area contributed by atoms with Crippen LogP contribution in [0.2, 0.25) is 0 Å². The molecule has 0 unspecified atom stereocenters. The van der Waals surface area contributed by atoms with Gasteiger partial charge in [-0.15, -0.1) is 0 Å². The number of hydrogen-bond acceptors (Lipinski definition) is 2. The summed E-state index contributed by atoms with van der Waals surface area (Å²) in [4.78, 5) is 24.8. The number of likely N-dealkylation sites (tertiary alicyclic amines) is 1. The molecule has 102 valence electrons. The summed E-state index contributed by atoms with van der Waals surface area (Å²) in [5, 5.41) is 2.88. The van der Waals surface area contributed by atoms with Crippen LogP contribution in [0.3, 0.4) is 0 Å². The molecule has 3 N–H and O–H groups in total. The summed E-state index contributed by atoms with van der Waals surface area (Å²) in [7, 11) is 0. The summed E-state index contributed by atoms with van der Waals surface area (Å²) in [6.45, 7) is 3.05. The zero-order valence-electron chi connectivity index (χ0n) is 11.1. The van der Waals surface area contributed by atoms with E-state index in [4.69, 9.17) is 5.73 Å². The van der Waals surface area contributed by atoms with Crippen LogP contribution in [0, 0.1) is 12.8 Å². The second kappa shape index (κ2) is 5.73. The maximum Gasteiger partial charge on any atom is 0.314 e. The SMILES string of the molecule is Cc1ccc(NC(=O)[C@H]2CCCN(C(N)=O)C2)cc1. The lowest BCUT2D eigenvalue weighted by molar-refractivity contribution is -0.121. The molecule has 0 aliphatic carbocycles. The molecule has 0 bridgehead atoms. The number of benzene rings is 1. The smallest absolute Gasteiger partial charge is 0.314 e. The number of nitrogens with two attached hydrogens (primary N) is 1. The number of carbonyl (C=O) groups is 2. The van der Waals surface area contributed by atoms with E-state index < -0.39 is 6.03 Å². The second-order valence-electron chi connectivity index (χ2n) is 4.98. The molecule has 0 saturated carbocycles. The molecule has 1 saturated heterocycles. The largest absolute Gasteiger partial charge is 0.351 e. The molecule has 5 heteroatoms. The van der Waals surface area contributed by atoms with Gasteiger partial charge in [-0.05, 0) is 31.9 Å². The Morgan fingerprint density at radius 2 is 2.00 bits per heavy atom. The number of amides is 3. The van der Waals surface area contributed by atoms with E-state index >= 15 is 0 Å². The van der Waals surface area contributed by atoms with Crippen molar-refractivity contribution in [2.24, 2.45) is 11.7 Å². The van der Waals surface area contributed by atoms with Crippen LogP contribution in [0.1, 0.15) is 18.4 Å². The number of aryl methyl sites for hydroxylation is 1. The first-order valence-corrected chi connectivity index (χ1v) is 6.48. The van der Waals surface area contributed by atoms with Crippen molar-refractivity contribution in [2.75, 3.05) is 18.4 Å². The molecule has 1 aliphatic rings. The van der Waals surface area contributed by atoms with Crippen LogP contribution >= 0.6 is 0 Å². The molecule has 0 radical (unpaired) electrons. The molecule has 1 aromatic carbocycles. The number of nitrogens with one attached hydrogen (secondary N) is 1. The summed E-state index contributed by atoms with van der Waals surface area (Å²) < 4.78 is 0. The lowest BCUT2D eigenvalue weighted by atomic mass is 9.97. The summed E-state index contributed by atoms with van der Waals surface area (Å²) in [5.74, 6) is -0.225. The van der Waals surface area contributed by atoms with Gasteiger partial charge in [-0.2, -0.15) is 0 Å². The molecule has 2 rings (SSSR count). The fourth-order valence-corrected chi connectivity index (χ4v) is 2.27. The van der Waals surface area contributed by atoms with Crippen molar-refractivity contribution < 1.29 is 9.59 Å². The first-order chi connectivity index (χ1) is 9.06. The Morgan fingerprint density at radius 1 is 1.32 bits per heavy atom. The predicted molar refractivity (Wildman–Crippen MR) is 73.7 cm³/mol. The third kappa shape index (κ3) is 3.47. The van der Waals surface area contributed by atoms with Crippen molar-refractivity contribution in [3.8, 4) is 0 Å². The van der Waals surface area contributed by atoms with Crippen LogP contribution in [0.5, 0.6) is 0 Å². The van der Waals surface area contributed by atoms with Crippen molar-refractivity contribution >= 4 is 17.6 Å². The maximum absolute atomic E-state index is 12.1. The molecule has 19 heavy (non-hydrogen) atoms. The normalized spacial score (nSPS) is 19.0. The van der Waals surface area contributed by atoms with Gasteiger partial charge in [0.05, 0.1) is 5.92 Å². The predicted octanol–water partition coefficient (Wildman–Crippen LogP) is 1.72. The summed E-state index contributed by atoms with van der Waals surface area (Å²) in [5.41, 5.74) is 7.19. The topological polar surface area (TPSA) is 75.4 Å². The number of anilines is 1. The van der Waals surface area contributed by atoms with Gasteiger partial charge in [0, 0.05) is 18.8 Å². The molecule has 5 nitrogen and oxygen atoms in total. The van der Waals surface area contributed by atoms with E-state index in [2.05, 4.69) is 5.32 Å². The van der Waals surface area contributed by atoms with Gasteiger partial charge in [0.2, 0.25) is 5.91 Å². The molecule has 1 aromatic rings. The van der Waals surface area contributed by atoms with Gasteiger partial charge < -0.3 is 16.0 Å². The summed E-state index contributed by atoms with van der Waals surface area (Å²) in [6, 6.07) is 7.20. The minimum absolute atomic E-state index is 0.0465. The highest BCUT2D eigenvalue weighted by Gasteiger charge is 2.27. The molecule has 0 aromatic heterocycles. The Balaban J connectivity index is 1.96. The fourth-order valence-electron chi connectivity index (χ4n) is 2.27. The average Bonchev–Trinajstić information content (AvgIpc) is 2.41. The van der Waals surface area contributed by atoms with E-state index in [1.54, 1.807) is 0 Å². The molecule has 1 aliphatic heterocycles. The molecule has 1 heterocycles. The third-order valence-electron chi connectivity index (χ3n) is 3.42. The van der Waals surface area contributed by atoms with E-state index in [0.717, 1.165) is 24.1 Å². The number of primary amides is 1. The number of nitrogens with zero attached hydrogens (tertiary/aromatic N) is 1. The molecular weight excluding hydrogens is 242 g/mol. The Hall–Kier alpha value is -2.04. The van der Waals surface area contributed by atoms with Gasteiger partial charge in [-0.1, -0.05) is 17.7 Å². The minimum Gasteiger partial charge on any atom is -0.351 e. The number of carbonyl (C=O) groups excluding carboxylic acids is 2. The minimum atomic E-state index is -0.451. The fraction of sp³-hybridized carbons (Fsp3) is 0.429. The Morgan fingerprint density at radius 3 is 2.63 bits per heavy atom. The van der Waals surface area contributed by atoms with Crippen molar-refractivity contribution in [3.05, 3.63) is 29.8 Å². The number of rotatable bonds is 2. The molecule has 1 fully saturated rings. The van der Waals surface area contributed by atoms with Gasteiger partial charge >= 0.3 is 6.03 Å². The highest BCUT2D eigenvalue weighted by atomic mass is 16.2. The van der Waals surface area contributed by atoms with E-state index in [0.29, 0.717) is 13.1 Å². The molecule has 0 spiro atoms.